The zero-order valence-corrected chi connectivity index (χ0v) is 10.2. The second-order valence-electron chi connectivity index (χ2n) is 5.13. The molecule has 0 amide bonds. The van der Waals surface area contributed by atoms with E-state index in [0.717, 1.165) is 31.2 Å². The predicted octanol–water partition coefficient (Wildman–Crippen LogP) is 2.56. The quantitative estimate of drug-likeness (QED) is 0.637. The average molecular weight is 213 g/mol. The normalized spacial score (nSPS) is 26.8. The Hall–Kier alpha value is -0.0800. The Morgan fingerprint density at radius 2 is 2.07 bits per heavy atom. The number of unbranched alkanes of at least 4 members (excludes halogenated alkanes) is 2. The summed E-state index contributed by atoms with van der Waals surface area (Å²) in [4.78, 5) is 0. The van der Waals surface area contributed by atoms with Crippen molar-refractivity contribution in [3.05, 3.63) is 0 Å². The van der Waals surface area contributed by atoms with Crippen LogP contribution in [0.2, 0.25) is 0 Å². The van der Waals surface area contributed by atoms with E-state index in [1.165, 1.54) is 38.6 Å². The first kappa shape index (κ1) is 13.0. The van der Waals surface area contributed by atoms with Crippen LogP contribution in [0.3, 0.4) is 0 Å². The van der Waals surface area contributed by atoms with Gasteiger partial charge in [-0.2, -0.15) is 0 Å². The summed E-state index contributed by atoms with van der Waals surface area (Å²) < 4.78 is 0. The van der Waals surface area contributed by atoms with E-state index in [0.29, 0.717) is 6.61 Å². The predicted molar refractivity (Wildman–Crippen MR) is 64.9 cm³/mol. The zero-order valence-electron chi connectivity index (χ0n) is 10.2. The lowest BCUT2D eigenvalue weighted by Gasteiger charge is -2.26. The van der Waals surface area contributed by atoms with Crippen LogP contribution in [0.5, 0.6) is 0 Å². The van der Waals surface area contributed by atoms with Crippen molar-refractivity contribution < 1.29 is 5.11 Å². The molecule has 1 aliphatic rings. The van der Waals surface area contributed by atoms with Gasteiger partial charge in [-0.05, 0) is 57.0 Å². The lowest BCUT2D eigenvalue weighted by molar-refractivity contribution is 0.270. The van der Waals surface area contributed by atoms with Gasteiger partial charge in [-0.15, -0.1) is 0 Å². The zero-order chi connectivity index (χ0) is 10.9. The molecule has 0 aromatic carbocycles. The molecule has 15 heavy (non-hydrogen) atoms. The van der Waals surface area contributed by atoms with E-state index in [4.69, 9.17) is 5.11 Å². The standard InChI is InChI=1S/C13H27NO/c1-12-6-5-7-13(10-12)11-14-8-3-2-4-9-15/h12-15H,2-11H2,1H3. The third-order valence-corrected chi connectivity index (χ3v) is 3.49. The highest BCUT2D eigenvalue weighted by atomic mass is 16.2. The van der Waals surface area contributed by atoms with Crippen LogP contribution in [-0.4, -0.2) is 24.8 Å². The van der Waals surface area contributed by atoms with Crippen molar-refractivity contribution in [1.82, 2.24) is 5.32 Å². The minimum absolute atomic E-state index is 0.347. The summed E-state index contributed by atoms with van der Waals surface area (Å²) in [7, 11) is 0. The summed E-state index contributed by atoms with van der Waals surface area (Å²) in [6, 6.07) is 0. The molecular formula is C13H27NO. The van der Waals surface area contributed by atoms with E-state index in [9.17, 15) is 0 Å². The van der Waals surface area contributed by atoms with Crippen LogP contribution in [0.4, 0.5) is 0 Å². The minimum atomic E-state index is 0.347. The molecule has 0 spiro atoms. The second-order valence-corrected chi connectivity index (χ2v) is 5.13. The highest BCUT2D eigenvalue weighted by Crippen LogP contribution is 2.27. The van der Waals surface area contributed by atoms with Gasteiger partial charge in [0.1, 0.15) is 0 Å². The molecule has 90 valence electrons. The van der Waals surface area contributed by atoms with Crippen LogP contribution in [0, 0.1) is 11.8 Å². The molecule has 0 aromatic heterocycles. The monoisotopic (exact) mass is 213 g/mol. The highest BCUT2D eigenvalue weighted by molar-refractivity contribution is 4.72. The van der Waals surface area contributed by atoms with Gasteiger partial charge in [-0.1, -0.05) is 19.8 Å². The van der Waals surface area contributed by atoms with E-state index in [2.05, 4.69) is 12.2 Å². The molecule has 0 aromatic rings. The molecule has 2 nitrogen and oxygen atoms in total. The highest BCUT2D eigenvalue weighted by Gasteiger charge is 2.17. The molecule has 1 fully saturated rings. The van der Waals surface area contributed by atoms with Gasteiger partial charge < -0.3 is 10.4 Å². The van der Waals surface area contributed by atoms with Crippen molar-refractivity contribution in [1.29, 1.82) is 0 Å². The molecule has 0 saturated heterocycles. The van der Waals surface area contributed by atoms with E-state index >= 15 is 0 Å². The average Bonchev–Trinajstić information content (AvgIpc) is 2.23. The van der Waals surface area contributed by atoms with E-state index in [1.54, 1.807) is 0 Å². The van der Waals surface area contributed by atoms with Crippen LogP contribution >= 0.6 is 0 Å². The van der Waals surface area contributed by atoms with Crippen LogP contribution in [0.1, 0.15) is 51.9 Å². The van der Waals surface area contributed by atoms with Crippen molar-refractivity contribution in [3.63, 3.8) is 0 Å². The Balaban J connectivity index is 1.90. The summed E-state index contributed by atoms with van der Waals surface area (Å²) in [6.45, 7) is 5.07. The maximum atomic E-state index is 8.64. The van der Waals surface area contributed by atoms with Crippen molar-refractivity contribution in [2.75, 3.05) is 19.7 Å². The first-order chi connectivity index (χ1) is 7.33. The maximum Gasteiger partial charge on any atom is 0.0431 e. The third kappa shape index (κ3) is 6.16. The van der Waals surface area contributed by atoms with E-state index in [1.807, 2.05) is 0 Å². The Kier molecular flexibility index (Phi) is 7.03. The van der Waals surface area contributed by atoms with Gasteiger partial charge in [0.15, 0.2) is 0 Å². The SMILES string of the molecule is CC1CCCC(CNCCCCCO)C1. The fraction of sp³-hybridized carbons (Fsp3) is 1.00. The van der Waals surface area contributed by atoms with Gasteiger partial charge >= 0.3 is 0 Å². The first-order valence-electron chi connectivity index (χ1n) is 6.64. The molecule has 2 N–H and O–H groups in total. The molecule has 1 rings (SSSR count). The van der Waals surface area contributed by atoms with Gasteiger partial charge in [-0.3, -0.25) is 0 Å². The Labute approximate surface area is 94.5 Å². The Bertz CT molecular complexity index is 149. The van der Waals surface area contributed by atoms with Crippen molar-refractivity contribution in [2.24, 2.45) is 11.8 Å². The number of aliphatic hydroxyl groups excluding tert-OH is 1. The van der Waals surface area contributed by atoms with Crippen LogP contribution in [-0.2, 0) is 0 Å². The molecule has 0 bridgehead atoms. The molecule has 2 unspecified atom stereocenters. The summed E-state index contributed by atoms with van der Waals surface area (Å²) in [6.07, 6.45) is 9.04. The Morgan fingerprint density at radius 3 is 2.80 bits per heavy atom. The number of aliphatic hydroxyl groups is 1. The summed E-state index contributed by atoms with van der Waals surface area (Å²) in [5.74, 6) is 1.87. The van der Waals surface area contributed by atoms with Crippen LogP contribution < -0.4 is 5.32 Å². The summed E-state index contributed by atoms with van der Waals surface area (Å²) >= 11 is 0. The van der Waals surface area contributed by atoms with Crippen molar-refractivity contribution in [2.45, 2.75) is 51.9 Å². The first-order valence-corrected chi connectivity index (χ1v) is 6.64. The summed E-state index contributed by atoms with van der Waals surface area (Å²) in [5, 5.41) is 12.2. The number of hydrogen-bond donors (Lipinski definition) is 2. The van der Waals surface area contributed by atoms with Crippen LogP contribution in [0.15, 0.2) is 0 Å². The van der Waals surface area contributed by atoms with E-state index in [-0.39, 0.29) is 0 Å². The second kappa shape index (κ2) is 8.12. The largest absolute Gasteiger partial charge is 0.396 e. The van der Waals surface area contributed by atoms with Crippen molar-refractivity contribution in [3.8, 4) is 0 Å². The summed E-state index contributed by atoms with van der Waals surface area (Å²) in [5.41, 5.74) is 0. The lowest BCUT2D eigenvalue weighted by atomic mass is 9.82. The molecule has 1 saturated carbocycles. The molecule has 0 aliphatic heterocycles. The van der Waals surface area contributed by atoms with Gasteiger partial charge in [0.25, 0.3) is 0 Å². The fourth-order valence-electron chi connectivity index (χ4n) is 2.59. The van der Waals surface area contributed by atoms with Gasteiger partial charge in [0, 0.05) is 6.61 Å². The van der Waals surface area contributed by atoms with Gasteiger partial charge in [0.2, 0.25) is 0 Å². The molecular weight excluding hydrogens is 186 g/mol. The molecule has 0 radical (unpaired) electrons. The number of nitrogens with one attached hydrogen (secondary N) is 1. The lowest BCUT2D eigenvalue weighted by Crippen LogP contribution is -2.27. The molecule has 1 aliphatic carbocycles. The van der Waals surface area contributed by atoms with Gasteiger partial charge in [-0.25, -0.2) is 0 Å². The van der Waals surface area contributed by atoms with Gasteiger partial charge in [0.05, 0.1) is 0 Å². The minimum Gasteiger partial charge on any atom is -0.396 e. The number of rotatable bonds is 7. The third-order valence-electron chi connectivity index (χ3n) is 3.49. The van der Waals surface area contributed by atoms with Crippen molar-refractivity contribution >= 4 is 0 Å². The smallest absolute Gasteiger partial charge is 0.0431 e. The maximum absolute atomic E-state index is 8.64. The topological polar surface area (TPSA) is 32.3 Å². The Morgan fingerprint density at radius 1 is 1.20 bits per heavy atom. The molecule has 2 atom stereocenters. The van der Waals surface area contributed by atoms with Crippen LogP contribution in [0.25, 0.3) is 0 Å². The van der Waals surface area contributed by atoms with E-state index < -0.39 is 0 Å². The fourth-order valence-corrected chi connectivity index (χ4v) is 2.59. The molecule has 0 heterocycles. The number of hydrogen-bond acceptors (Lipinski definition) is 2. The molecule has 2 heteroatoms.